The van der Waals surface area contributed by atoms with E-state index in [1.807, 2.05) is 36.3 Å². The number of thiazole rings is 1. The number of morpholine rings is 1. The van der Waals surface area contributed by atoms with Crippen LogP contribution in [0.3, 0.4) is 0 Å². The van der Waals surface area contributed by atoms with Gasteiger partial charge in [-0.2, -0.15) is 0 Å². The molecule has 4 nitrogen and oxygen atoms in total. The Labute approximate surface area is 134 Å². The van der Waals surface area contributed by atoms with Gasteiger partial charge in [0, 0.05) is 17.5 Å². The van der Waals surface area contributed by atoms with E-state index in [2.05, 4.69) is 24.0 Å². The van der Waals surface area contributed by atoms with Gasteiger partial charge in [0.15, 0.2) is 0 Å². The maximum absolute atomic E-state index is 12.7. The van der Waals surface area contributed by atoms with Crippen molar-refractivity contribution in [2.75, 3.05) is 13.2 Å². The molecule has 3 rings (SSSR count). The van der Waals surface area contributed by atoms with Crippen LogP contribution >= 0.6 is 11.3 Å². The topological polar surface area (TPSA) is 42.4 Å². The van der Waals surface area contributed by atoms with E-state index in [1.165, 1.54) is 16.9 Å². The van der Waals surface area contributed by atoms with E-state index in [0.717, 1.165) is 10.6 Å². The van der Waals surface area contributed by atoms with Crippen LogP contribution in [0.25, 0.3) is 10.6 Å². The van der Waals surface area contributed by atoms with Crippen LogP contribution in [-0.4, -0.2) is 41.1 Å². The summed E-state index contributed by atoms with van der Waals surface area (Å²) in [6.07, 6.45) is 0.0790. The van der Waals surface area contributed by atoms with Crippen LogP contribution in [0.5, 0.6) is 0 Å². The van der Waals surface area contributed by atoms with Crippen LogP contribution in [0.1, 0.15) is 29.9 Å². The molecule has 0 unspecified atom stereocenters. The number of carbonyl (C=O) groups excluding carboxylic acids is 1. The predicted octanol–water partition coefficient (Wildman–Crippen LogP) is 3.37. The van der Waals surface area contributed by atoms with E-state index < -0.39 is 0 Å². The van der Waals surface area contributed by atoms with E-state index >= 15 is 0 Å². The normalized spacial score (nSPS) is 21.9. The molecule has 1 amide bonds. The lowest BCUT2D eigenvalue weighted by molar-refractivity contribution is -0.0388. The molecule has 0 saturated carbocycles. The highest BCUT2D eigenvalue weighted by Gasteiger charge is 2.29. The summed E-state index contributed by atoms with van der Waals surface area (Å²) < 4.78 is 5.58. The second kappa shape index (κ2) is 6.18. The number of hydrogen-bond donors (Lipinski definition) is 0. The fourth-order valence-electron chi connectivity index (χ4n) is 2.53. The summed E-state index contributed by atoms with van der Waals surface area (Å²) in [5.41, 5.74) is 2.80. The summed E-state index contributed by atoms with van der Waals surface area (Å²) in [5, 5.41) is 2.74. The van der Waals surface area contributed by atoms with Gasteiger partial charge in [0.05, 0.1) is 18.8 Å². The lowest BCUT2D eigenvalue weighted by Crippen LogP contribution is -2.50. The van der Waals surface area contributed by atoms with Crippen molar-refractivity contribution in [2.45, 2.75) is 32.9 Å². The maximum Gasteiger partial charge on any atom is 0.273 e. The van der Waals surface area contributed by atoms with Crippen molar-refractivity contribution in [3.05, 3.63) is 40.9 Å². The molecule has 1 aromatic carbocycles. The first kappa shape index (κ1) is 15.2. The van der Waals surface area contributed by atoms with E-state index in [9.17, 15) is 4.79 Å². The molecule has 0 radical (unpaired) electrons. The lowest BCUT2D eigenvalue weighted by Gasteiger charge is -2.36. The molecule has 5 heteroatoms. The van der Waals surface area contributed by atoms with Crippen LogP contribution in [0.15, 0.2) is 29.6 Å². The third kappa shape index (κ3) is 3.05. The molecule has 1 saturated heterocycles. The Morgan fingerprint density at radius 2 is 2.05 bits per heavy atom. The van der Waals surface area contributed by atoms with Gasteiger partial charge in [0.1, 0.15) is 10.7 Å². The second-order valence-corrected chi connectivity index (χ2v) is 6.71. The standard InChI is InChI=1S/C17H20N2O2S/c1-11-4-6-14(7-5-11)16-18-15(10-22-16)17(20)19-8-13(3)21-9-12(19)2/h4-7,10,12-13H,8-9H2,1-3H3/t12-,13-/m1/s1. The highest BCUT2D eigenvalue weighted by atomic mass is 32.1. The summed E-state index contributed by atoms with van der Waals surface area (Å²) in [4.78, 5) is 19.1. The Morgan fingerprint density at radius 1 is 1.32 bits per heavy atom. The molecule has 1 aromatic heterocycles. The minimum absolute atomic E-state index is 0.00254. The maximum atomic E-state index is 12.7. The average Bonchev–Trinajstić information content (AvgIpc) is 2.99. The van der Waals surface area contributed by atoms with Crippen LogP contribution < -0.4 is 0 Å². The molecule has 2 aromatic rings. The Morgan fingerprint density at radius 3 is 2.77 bits per heavy atom. The SMILES string of the molecule is Cc1ccc(-c2nc(C(=O)N3C[C@@H](C)OC[C@H]3C)cs2)cc1. The lowest BCUT2D eigenvalue weighted by atomic mass is 10.1. The van der Waals surface area contributed by atoms with E-state index in [0.29, 0.717) is 18.8 Å². The van der Waals surface area contributed by atoms with E-state index in [1.54, 1.807) is 0 Å². The van der Waals surface area contributed by atoms with Crippen molar-refractivity contribution in [3.8, 4) is 10.6 Å². The van der Waals surface area contributed by atoms with Crippen LogP contribution in [-0.2, 0) is 4.74 Å². The molecule has 2 atom stereocenters. The zero-order valence-electron chi connectivity index (χ0n) is 13.1. The van der Waals surface area contributed by atoms with Crippen LogP contribution in [0.2, 0.25) is 0 Å². The largest absolute Gasteiger partial charge is 0.375 e. The van der Waals surface area contributed by atoms with Gasteiger partial charge in [0.2, 0.25) is 0 Å². The van der Waals surface area contributed by atoms with Gasteiger partial charge in [-0.1, -0.05) is 29.8 Å². The number of amides is 1. The molecule has 1 fully saturated rings. The van der Waals surface area contributed by atoms with Gasteiger partial charge >= 0.3 is 0 Å². The Kier molecular flexibility index (Phi) is 4.27. The number of ether oxygens (including phenoxy) is 1. The quantitative estimate of drug-likeness (QED) is 0.853. The molecular formula is C17H20N2O2S. The average molecular weight is 316 g/mol. The fraction of sp³-hybridized carbons (Fsp3) is 0.412. The first-order valence-corrected chi connectivity index (χ1v) is 8.37. The zero-order chi connectivity index (χ0) is 15.7. The van der Waals surface area contributed by atoms with Gasteiger partial charge < -0.3 is 9.64 Å². The molecule has 1 aliphatic heterocycles. The zero-order valence-corrected chi connectivity index (χ0v) is 13.9. The Hall–Kier alpha value is -1.72. The van der Waals surface area contributed by atoms with Crippen molar-refractivity contribution in [1.29, 1.82) is 0 Å². The first-order valence-electron chi connectivity index (χ1n) is 7.49. The fourth-order valence-corrected chi connectivity index (χ4v) is 3.33. The van der Waals surface area contributed by atoms with Crippen molar-refractivity contribution < 1.29 is 9.53 Å². The van der Waals surface area contributed by atoms with E-state index in [-0.39, 0.29) is 18.1 Å². The minimum Gasteiger partial charge on any atom is -0.375 e. The third-order valence-electron chi connectivity index (χ3n) is 3.89. The predicted molar refractivity (Wildman–Crippen MR) is 88.2 cm³/mol. The molecule has 2 heterocycles. The first-order chi connectivity index (χ1) is 10.5. The molecule has 116 valence electrons. The van der Waals surface area contributed by atoms with Crippen molar-refractivity contribution in [1.82, 2.24) is 9.88 Å². The number of benzene rings is 1. The van der Waals surface area contributed by atoms with Crippen molar-refractivity contribution >= 4 is 17.2 Å². The monoisotopic (exact) mass is 316 g/mol. The summed E-state index contributed by atoms with van der Waals surface area (Å²) >= 11 is 1.51. The number of nitrogens with zero attached hydrogens (tertiary/aromatic N) is 2. The summed E-state index contributed by atoms with van der Waals surface area (Å²) in [6.45, 7) is 7.27. The summed E-state index contributed by atoms with van der Waals surface area (Å²) in [7, 11) is 0. The minimum atomic E-state index is -0.00254. The second-order valence-electron chi connectivity index (χ2n) is 5.85. The molecule has 0 spiro atoms. The molecule has 0 aliphatic carbocycles. The number of carbonyl (C=O) groups is 1. The van der Waals surface area contributed by atoms with Crippen molar-refractivity contribution in [3.63, 3.8) is 0 Å². The van der Waals surface area contributed by atoms with Gasteiger partial charge in [-0.25, -0.2) is 4.98 Å². The van der Waals surface area contributed by atoms with Crippen LogP contribution in [0, 0.1) is 6.92 Å². The number of aromatic nitrogens is 1. The Balaban J connectivity index is 1.81. The van der Waals surface area contributed by atoms with Crippen LogP contribution in [0.4, 0.5) is 0 Å². The molecule has 1 aliphatic rings. The smallest absolute Gasteiger partial charge is 0.273 e. The molecule has 0 bridgehead atoms. The van der Waals surface area contributed by atoms with Crippen molar-refractivity contribution in [2.24, 2.45) is 0 Å². The van der Waals surface area contributed by atoms with Gasteiger partial charge in [0.25, 0.3) is 5.91 Å². The van der Waals surface area contributed by atoms with Gasteiger partial charge in [-0.15, -0.1) is 11.3 Å². The van der Waals surface area contributed by atoms with E-state index in [4.69, 9.17) is 4.74 Å². The highest BCUT2D eigenvalue weighted by Crippen LogP contribution is 2.25. The molecule has 0 N–H and O–H groups in total. The molecular weight excluding hydrogens is 296 g/mol. The number of aryl methyl sites for hydroxylation is 1. The third-order valence-corrected chi connectivity index (χ3v) is 4.78. The Bertz CT molecular complexity index is 666. The van der Waals surface area contributed by atoms with Gasteiger partial charge in [-0.3, -0.25) is 4.79 Å². The number of hydrogen-bond acceptors (Lipinski definition) is 4. The highest BCUT2D eigenvalue weighted by molar-refractivity contribution is 7.13. The summed E-state index contributed by atoms with van der Waals surface area (Å²) in [5.74, 6) is -0.00254. The van der Waals surface area contributed by atoms with Gasteiger partial charge in [-0.05, 0) is 20.8 Å². The molecule has 22 heavy (non-hydrogen) atoms. The summed E-state index contributed by atoms with van der Waals surface area (Å²) in [6, 6.07) is 8.30. The number of rotatable bonds is 2.